The fourth-order valence-electron chi connectivity index (χ4n) is 3.28. The molecule has 0 fully saturated rings. The van der Waals surface area contributed by atoms with E-state index in [4.69, 9.17) is 0 Å². The molecule has 0 aliphatic carbocycles. The van der Waals surface area contributed by atoms with Crippen LogP contribution in [0.5, 0.6) is 0 Å². The number of benzene rings is 3. The highest BCUT2D eigenvalue weighted by Gasteiger charge is 2.20. The maximum atomic E-state index is 12.9. The van der Waals surface area contributed by atoms with Crippen molar-refractivity contribution in [1.82, 2.24) is 5.32 Å². The van der Waals surface area contributed by atoms with Crippen LogP contribution in [0.3, 0.4) is 0 Å². The standard InChI is InChI=1S/C25H25IN2O2/c1-17(2)21-15-20(26)13-14-22(21)27-24(29)16-23(18-9-5-3-6-10-18)28-25(30)19-11-7-4-8-12-19/h3-15,17,23H,16H2,1-2H3,(H,27,29)(H,28,30)/t23-/m1/s1. The first-order valence-electron chi connectivity index (χ1n) is 9.94. The molecule has 2 amide bonds. The molecular formula is C25H25IN2O2. The molecule has 0 bridgehead atoms. The lowest BCUT2D eigenvalue weighted by Gasteiger charge is -2.20. The van der Waals surface area contributed by atoms with Gasteiger partial charge in [0.25, 0.3) is 5.91 Å². The molecule has 3 aromatic carbocycles. The Bertz CT molecular complexity index is 1000. The van der Waals surface area contributed by atoms with Gasteiger partial charge in [-0.25, -0.2) is 0 Å². The van der Waals surface area contributed by atoms with E-state index >= 15 is 0 Å². The summed E-state index contributed by atoms with van der Waals surface area (Å²) in [7, 11) is 0. The number of carbonyl (C=O) groups is 2. The van der Waals surface area contributed by atoms with Gasteiger partial charge in [-0.15, -0.1) is 0 Å². The summed E-state index contributed by atoms with van der Waals surface area (Å²) in [5.74, 6) is -0.0487. The molecular weight excluding hydrogens is 487 g/mol. The first-order valence-corrected chi connectivity index (χ1v) is 11.0. The van der Waals surface area contributed by atoms with E-state index in [-0.39, 0.29) is 24.2 Å². The Hall–Kier alpha value is -2.67. The van der Waals surface area contributed by atoms with E-state index < -0.39 is 6.04 Å². The average molecular weight is 512 g/mol. The zero-order valence-electron chi connectivity index (χ0n) is 17.1. The van der Waals surface area contributed by atoms with Crippen molar-refractivity contribution in [3.63, 3.8) is 0 Å². The van der Waals surface area contributed by atoms with Crippen LogP contribution in [0.2, 0.25) is 0 Å². The normalized spacial score (nSPS) is 11.7. The Morgan fingerprint density at radius 1 is 0.900 bits per heavy atom. The highest BCUT2D eigenvalue weighted by molar-refractivity contribution is 14.1. The van der Waals surface area contributed by atoms with Gasteiger partial charge in [-0.3, -0.25) is 9.59 Å². The summed E-state index contributed by atoms with van der Waals surface area (Å²) in [6.07, 6.45) is 0.145. The number of carbonyl (C=O) groups excluding carboxylic acids is 2. The second kappa shape index (κ2) is 10.4. The zero-order chi connectivity index (χ0) is 21.5. The minimum Gasteiger partial charge on any atom is -0.345 e. The molecule has 0 saturated carbocycles. The molecule has 30 heavy (non-hydrogen) atoms. The number of nitrogens with one attached hydrogen (secondary N) is 2. The minimum atomic E-state index is -0.426. The Morgan fingerprint density at radius 3 is 2.17 bits per heavy atom. The summed E-state index contributed by atoms with van der Waals surface area (Å²) in [5, 5.41) is 6.05. The van der Waals surface area contributed by atoms with Crippen molar-refractivity contribution in [2.45, 2.75) is 32.2 Å². The summed E-state index contributed by atoms with van der Waals surface area (Å²) in [6.45, 7) is 4.21. The molecule has 5 heteroatoms. The molecule has 0 aromatic heterocycles. The SMILES string of the molecule is CC(C)c1cc(I)ccc1NC(=O)C[C@@H](NC(=O)c1ccccc1)c1ccccc1. The van der Waals surface area contributed by atoms with Gasteiger partial charge in [0.2, 0.25) is 5.91 Å². The monoisotopic (exact) mass is 512 g/mol. The van der Waals surface area contributed by atoms with Gasteiger partial charge in [-0.1, -0.05) is 62.4 Å². The van der Waals surface area contributed by atoms with Crippen LogP contribution in [0.4, 0.5) is 5.69 Å². The van der Waals surface area contributed by atoms with Crippen LogP contribution in [0.25, 0.3) is 0 Å². The summed E-state index contributed by atoms with van der Waals surface area (Å²) in [5.41, 5.74) is 3.37. The van der Waals surface area contributed by atoms with Crippen molar-refractivity contribution >= 4 is 40.1 Å². The smallest absolute Gasteiger partial charge is 0.251 e. The van der Waals surface area contributed by atoms with E-state index in [0.29, 0.717) is 5.56 Å². The summed E-state index contributed by atoms with van der Waals surface area (Å²) in [4.78, 5) is 25.6. The lowest BCUT2D eigenvalue weighted by Crippen LogP contribution is -2.31. The molecule has 0 radical (unpaired) electrons. The Labute approximate surface area is 191 Å². The van der Waals surface area contributed by atoms with Crippen LogP contribution in [0.1, 0.15) is 53.7 Å². The number of amides is 2. The van der Waals surface area contributed by atoms with Crippen molar-refractivity contribution in [3.8, 4) is 0 Å². The molecule has 0 spiro atoms. The molecule has 0 heterocycles. The van der Waals surface area contributed by atoms with Crippen LogP contribution in [-0.2, 0) is 4.79 Å². The highest BCUT2D eigenvalue weighted by atomic mass is 127. The predicted molar refractivity (Wildman–Crippen MR) is 130 cm³/mol. The van der Waals surface area contributed by atoms with Gasteiger partial charge in [0.05, 0.1) is 12.5 Å². The molecule has 3 aromatic rings. The quantitative estimate of drug-likeness (QED) is 0.387. The zero-order valence-corrected chi connectivity index (χ0v) is 19.2. The molecule has 0 aliphatic rings. The summed E-state index contributed by atoms with van der Waals surface area (Å²) < 4.78 is 1.13. The van der Waals surface area contributed by atoms with Gasteiger partial charge in [-0.05, 0) is 70.0 Å². The lowest BCUT2D eigenvalue weighted by atomic mass is 10.00. The molecule has 3 rings (SSSR count). The van der Waals surface area contributed by atoms with E-state index in [1.165, 1.54) is 0 Å². The molecule has 0 saturated heterocycles. The van der Waals surface area contributed by atoms with E-state index in [1.54, 1.807) is 12.1 Å². The van der Waals surface area contributed by atoms with Gasteiger partial charge in [0, 0.05) is 14.8 Å². The van der Waals surface area contributed by atoms with E-state index in [1.807, 2.05) is 60.7 Å². The van der Waals surface area contributed by atoms with Crippen LogP contribution in [-0.4, -0.2) is 11.8 Å². The van der Waals surface area contributed by atoms with Crippen LogP contribution >= 0.6 is 22.6 Å². The third-order valence-electron chi connectivity index (χ3n) is 4.84. The van der Waals surface area contributed by atoms with Crippen LogP contribution in [0, 0.1) is 3.57 Å². The van der Waals surface area contributed by atoms with Crippen LogP contribution < -0.4 is 10.6 Å². The minimum absolute atomic E-state index is 0.139. The summed E-state index contributed by atoms with van der Waals surface area (Å²) >= 11 is 2.28. The molecule has 154 valence electrons. The first-order chi connectivity index (χ1) is 14.4. The lowest BCUT2D eigenvalue weighted by molar-refractivity contribution is -0.116. The summed E-state index contributed by atoms with van der Waals surface area (Å²) in [6, 6.07) is 24.2. The van der Waals surface area contributed by atoms with Gasteiger partial charge in [-0.2, -0.15) is 0 Å². The predicted octanol–water partition coefficient (Wildman–Crippen LogP) is 5.91. The first kappa shape index (κ1) is 22.0. The average Bonchev–Trinajstić information content (AvgIpc) is 2.75. The second-order valence-corrected chi connectivity index (χ2v) is 8.69. The number of hydrogen-bond donors (Lipinski definition) is 2. The van der Waals surface area contributed by atoms with Crippen molar-refractivity contribution in [2.75, 3.05) is 5.32 Å². The number of anilines is 1. The Kier molecular flexibility index (Phi) is 7.63. The Balaban J connectivity index is 1.78. The maximum absolute atomic E-state index is 12.9. The van der Waals surface area contributed by atoms with Crippen molar-refractivity contribution in [1.29, 1.82) is 0 Å². The van der Waals surface area contributed by atoms with Crippen LogP contribution in [0.15, 0.2) is 78.9 Å². The molecule has 4 nitrogen and oxygen atoms in total. The van der Waals surface area contributed by atoms with E-state index in [0.717, 1.165) is 20.4 Å². The topological polar surface area (TPSA) is 58.2 Å². The second-order valence-electron chi connectivity index (χ2n) is 7.44. The van der Waals surface area contributed by atoms with E-state index in [9.17, 15) is 9.59 Å². The highest BCUT2D eigenvalue weighted by Crippen LogP contribution is 2.27. The molecule has 2 N–H and O–H groups in total. The van der Waals surface area contributed by atoms with Crippen molar-refractivity contribution in [2.24, 2.45) is 0 Å². The van der Waals surface area contributed by atoms with Gasteiger partial charge < -0.3 is 10.6 Å². The van der Waals surface area contributed by atoms with Crippen molar-refractivity contribution < 1.29 is 9.59 Å². The van der Waals surface area contributed by atoms with Gasteiger partial charge in [0.15, 0.2) is 0 Å². The van der Waals surface area contributed by atoms with Crippen molar-refractivity contribution in [3.05, 3.63) is 99.1 Å². The third kappa shape index (κ3) is 5.92. The molecule has 0 aliphatic heterocycles. The fourth-order valence-corrected chi connectivity index (χ4v) is 3.80. The Morgan fingerprint density at radius 2 is 1.53 bits per heavy atom. The number of halogens is 1. The maximum Gasteiger partial charge on any atom is 0.251 e. The number of rotatable bonds is 7. The van der Waals surface area contributed by atoms with Gasteiger partial charge in [0.1, 0.15) is 0 Å². The third-order valence-corrected chi connectivity index (χ3v) is 5.51. The van der Waals surface area contributed by atoms with Gasteiger partial charge >= 0.3 is 0 Å². The largest absolute Gasteiger partial charge is 0.345 e. The number of hydrogen-bond acceptors (Lipinski definition) is 2. The van der Waals surface area contributed by atoms with E-state index in [2.05, 4.69) is 53.1 Å². The fraction of sp³-hybridized carbons (Fsp3) is 0.200. The molecule has 1 atom stereocenters. The molecule has 0 unspecified atom stereocenters.